The first kappa shape index (κ1) is 9.92. The van der Waals surface area contributed by atoms with E-state index in [1.807, 2.05) is 0 Å². The molecule has 1 aliphatic carbocycles. The second kappa shape index (κ2) is 3.36. The van der Waals surface area contributed by atoms with Gasteiger partial charge >= 0.3 is 5.69 Å². The number of nitrogens with two attached hydrogens (primary N) is 1. The third kappa shape index (κ3) is 1.30. The lowest BCUT2D eigenvalue weighted by molar-refractivity contribution is 0.913. The molecule has 4 nitrogen and oxygen atoms in total. The predicted octanol–water partition coefficient (Wildman–Crippen LogP) is 1.78. The molecule has 0 bridgehead atoms. The van der Waals surface area contributed by atoms with Crippen LogP contribution in [0.1, 0.15) is 17.5 Å². The summed E-state index contributed by atoms with van der Waals surface area (Å²) in [7, 11) is 0. The lowest BCUT2D eigenvalue weighted by Crippen LogP contribution is -2.13. The molecule has 0 radical (unpaired) electrons. The molecule has 82 valence electrons. The molecule has 3 N–H and O–H groups in total. The van der Waals surface area contributed by atoms with Crippen LogP contribution in [0.5, 0.6) is 0 Å². The van der Waals surface area contributed by atoms with Gasteiger partial charge in [0.2, 0.25) is 0 Å². The minimum Gasteiger partial charge on any atom is -0.385 e. The van der Waals surface area contributed by atoms with Crippen LogP contribution in [-0.2, 0) is 12.8 Å². The quantitative estimate of drug-likeness (QED) is 0.700. The van der Waals surface area contributed by atoms with Crippen molar-refractivity contribution in [2.45, 2.75) is 19.3 Å². The van der Waals surface area contributed by atoms with Crippen LogP contribution in [0.25, 0.3) is 10.2 Å². The number of rotatable bonds is 0. The predicted molar refractivity (Wildman–Crippen MR) is 67.5 cm³/mol. The van der Waals surface area contributed by atoms with E-state index in [0.29, 0.717) is 10.6 Å². The van der Waals surface area contributed by atoms with Crippen LogP contribution in [0.15, 0.2) is 4.79 Å². The zero-order valence-electron chi connectivity index (χ0n) is 8.37. The molecule has 0 fully saturated rings. The number of nitrogen functional groups attached to an aromatic ring is 1. The van der Waals surface area contributed by atoms with Gasteiger partial charge in [0.05, 0.1) is 9.21 Å². The van der Waals surface area contributed by atoms with Crippen LogP contribution < -0.4 is 11.4 Å². The Bertz CT molecular complexity index is 702. The molecule has 0 aliphatic heterocycles. The summed E-state index contributed by atoms with van der Waals surface area (Å²) in [5, 5.41) is 0.894. The fraction of sp³-hybridized carbons (Fsp3) is 0.300. The van der Waals surface area contributed by atoms with Crippen LogP contribution in [0.4, 0.5) is 5.82 Å². The van der Waals surface area contributed by atoms with Gasteiger partial charge in [-0.3, -0.25) is 4.98 Å². The first-order valence-corrected chi connectivity index (χ1v) is 6.23. The van der Waals surface area contributed by atoms with Crippen molar-refractivity contribution in [3.05, 3.63) is 25.4 Å². The van der Waals surface area contributed by atoms with Crippen molar-refractivity contribution in [1.29, 1.82) is 0 Å². The van der Waals surface area contributed by atoms with Crippen LogP contribution in [0, 0.1) is 3.82 Å². The molecule has 2 heterocycles. The minimum absolute atomic E-state index is 0.409. The van der Waals surface area contributed by atoms with E-state index in [4.69, 9.17) is 18.0 Å². The fourth-order valence-corrected chi connectivity index (χ4v) is 3.68. The molecule has 0 saturated heterocycles. The van der Waals surface area contributed by atoms with Crippen molar-refractivity contribution < 1.29 is 0 Å². The zero-order chi connectivity index (χ0) is 11.3. The average molecular weight is 251 g/mol. The van der Waals surface area contributed by atoms with E-state index in [0.717, 1.165) is 28.5 Å². The monoisotopic (exact) mass is 251 g/mol. The largest absolute Gasteiger partial charge is 0.385 e. The van der Waals surface area contributed by atoms with Crippen LogP contribution in [-0.4, -0.2) is 9.97 Å². The van der Waals surface area contributed by atoms with Crippen LogP contribution >= 0.6 is 23.6 Å². The summed E-state index contributed by atoms with van der Waals surface area (Å²) in [5.41, 5.74) is 7.84. The molecule has 0 saturated carbocycles. The molecule has 2 aromatic rings. The Kier molecular flexibility index (Phi) is 2.08. The van der Waals surface area contributed by atoms with E-state index < -0.39 is 5.69 Å². The van der Waals surface area contributed by atoms with E-state index in [2.05, 4.69) is 9.97 Å². The lowest BCUT2D eigenvalue weighted by Gasteiger charge is -2.06. The zero-order valence-corrected chi connectivity index (χ0v) is 10.0. The number of anilines is 1. The highest BCUT2D eigenvalue weighted by Crippen LogP contribution is 2.34. The lowest BCUT2D eigenvalue weighted by atomic mass is 10.1. The van der Waals surface area contributed by atoms with Gasteiger partial charge in [-0.05, 0) is 30.4 Å². The number of hydrogen-bond acceptors (Lipinski definition) is 5. The number of H-pyrrole nitrogens is 1. The summed E-state index contributed by atoms with van der Waals surface area (Å²) < 4.78 is 0.845. The van der Waals surface area contributed by atoms with E-state index >= 15 is 0 Å². The summed E-state index contributed by atoms with van der Waals surface area (Å²) in [4.78, 5) is 18.4. The molecule has 2 aromatic heterocycles. The maximum Gasteiger partial charge on any atom is 0.347 e. The van der Waals surface area contributed by atoms with Crippen molar-refractivity contribution in [2.75, 3.05) is 5.73 Å². The summed E-state index contributed by atoms with van der Waals surface area (Å²) in [5.74, 6) is 0.416. The van der Waals surface area contributed by atoms with Gasteiger partial charge in [-0.15, -0.1) is 11.3 Å². The topological polar surface area (TPSA) is 71.8 Å². The summed E-state index contributed by atoms with van der Waals surface area (Å²) in [6.45, 7) is 0. The van der Waals surface area contributed by atoms with E-state index in [9.17, 15) is 4.79 Å². The molecular weight excluding hydrogens is 242 g/mol. The van der Waals surface area contributed by atoms with E-state index in [-0.39, 0.29) is 0 Å². The third-order valence-corrected chi connectivity index (χ3v) is 4.30. The number of nitrogens with zero attached hydrogens (tertiary/aromatic N) is 1. The molecule has 3 rings (SSSR count). The van der Waals surface area contributed by atoms with Crippen LogP contribution in [0.2, 0.25) is 0 Å². The second-order valence-corrected chi connectivity index (χ2v) is 5.50. The van der Waals surface area contributed by atoms with Gasteiger partial charge in [0.1, 0.15) is 10.6 Å². The first-order valence-electron chi connectivity index (χ1n) is 5.01. The maximum absolute atomic E-state index is 11.2. The highest BCUT2D eigenvalue weighted by Gasteiger charge is 2.19. The summed E-state index contributed by atoms with van der Waals surface area (Å²) in [6, 6.07) is 0. The van der Waals surface area contributed by atoms with Gasteiger partial charge < -0.3 is 5.73 Å². The number of nitrogens with one attached hydrogen (secondary N) is 1. The van der Waals surface area contributed by atoms with Crippen molar-refractivity contribution >= 4 is 39.6 Å². The van der Waals surface area contributed by atoms with Crippen molar-refractivity contribution in [3.63, 3.8) is 0 Å². The highest BCUT2D eigenvalue weighted by atomic mass is 32.1. The Morgan fingerprint density at radius 3 is 2.94 bits per heavy atom. The molecule has 16 heavy (non-hydrogen) atoms. The molecule has 0 amide bonds. The first-order chi connectivity index (χ1) is 7.66. The fourth-order valence-electron chi connectivity index (χ4n) is 2.23. The molecule has 6 heteroatoms. The number of fused-ring (bicyclic) bond motifs is 3. The third-order valence-electron chi connectivity index (χ3n) is 2.88. The van der Waals surface area contributed by atoms with Crippen molar-refractivity contribution in [1.82, 2.24) is 9.97 Å². The van der Waals surface area contributed by atoms with Gasteiger partial charge in [0.15, 0.2) is 0 Å². The molecule has 1 aliphatic rings. The average Bonchev–Trinajstić information content (AvgIpc) is 2.65. The molecule has 0 aromatic carbocycles. The number of aryl methyl sites for hydroxylation is 1. The number of aromatic amines is 1. The number of hydrogen-bond donors (Lipinski definition) is 2. The normalized spacial score (nSPS) is 14.2. The Labute approximate surface area is 100 Å². The summed E-state index contributed by atoms with van der Waals surface area (Å²) in [6.07, 6.45) is 3.09. The van der Waals surface area contributed by atoms with Crippen molar-refractivity contribution in [2.24, 2.45) is 0 Å². The minimum atomic E-state index is -0.409. The van der Waals surface area contributed by atoms with Gasteiger partial charge in [0, 0.05) is 0 Å². The molecular formula is C10H9N3OS2. The smallest absolute Gasteiger partial charge is 0.347 e. The summed E-state index contributed by atoms with van der Waals surface area (Å²) >= 11 is 6.70. The Hall–Kier alpha value is -1.27. The Morgan fingerprint density at radius 2 is 2.12 bits per heavy atom. The van der Waals surface area contributed by atoms with Crippen molar-refractivity contribution in [3.8, 4) is 0 Å². The highest BCUT2D eigenvalue weighted by molar-refractivity contribution is 7.73. The standard InChI is InChI=1S/C10H9N3OS2/c11-7-6-4-2-1-3-5(4)9(15)16-8(6)13-10(14)12-7/h1-3H2,(H3,11,12,13,14). The second-order valence-electron chi connectivity index (χ2n) is 3.84. The molecule has 0 atom stereocenters. The molecule has 0 unspecified atom stereocenters. The Morgan fingerprint density at radius 1 is 1.38 bits per heavy atom. The van der Waals surface area contributed by atoms with E-state index in [1.54, 1.807) is 0 Å². The SMILES string of the molecule is Nc1[nH]c(=O)nc2sc(=S)c3c(c12)CCC3. The van der Waals surface area contributed by atoms with Gasteiger partial charge in [-0.2, -0.15) is 4.98 Å². The number of aromatic nitrogens is 2. The van der Waals surface area contributed by atoms with Gasteiger partial charge in [0.25, 0.3) is 0 Å². The van der Waals surface area contributed by atoms with Gasteiger partial charge in [-0.1, -0.05) is 12.2 Å². The van der Waals surface area contributed by atoms with Gasteiger partial charge in [-0.25, -0.2) is 4.79 Å². The van der Waals surface area contributed by atoms with Crippen LogP contribution in [0.3, 0.4) is 0 Å². The van der Waals surface area contributed by atoms with E-state index in [1.165, 1.54) is 22.5 Å². The Balaban J connectivity index is 2.58. The molecule has 0 spiro atoms. The maximum atomic E-state index is 11.2.